The quantitative estimate of drug-likeness (QED) is 0.290. The molecule has 6 heteroatoms. The zero-order valence-corrected chi connectivity index (χ0v) is 18.5. The van der Waals surface area contributed by atoms with Crippen molar-refractivity contribution in [3.8, 4) is 6.07 Å². The van der Waals surface area contributed by atoms with Gasteiger partial charge in [0, 0.05) is 30.1 Å². The largest absolute Gasteiger partial charge is 0.453 e. The monoisotopic (exact) mass is 420 g/mol. The Morgan fingerprint density at radius 2 is 2.03 bits per heavy atom. The molecule has 0 amide bonds. The van der Waals surface area contributed by atoms with Crippen LogP contribution in [-0.4, -0.2) is 35.6 Å². The fourth-order valence-electron chi connectivity index (χ4n) is 3.95. The third-order valence-corrected chi connectivity index (χ3v) is 5.68. The molecule has 1 fully saturated rings. The number of Topliss-reactive ketones (excluding diaryl/α,β-unsaturated/α-hetero) is 1. The molecule has 1 aliphatic heterocycles. The molecular formula is C25H28N2O4. The average Bonchev–Trinajstić information content (AvgIpc) is 3.34. The Balaban J connectivity index is 1.70. The summed E-state index contributed by atoms with van der Waals surface area (Å²) in [5.41, 5.74) is 5.04. The van der Waals surface area contributed by atoms with Crippen molar-refractivity contribution in [2.24, 2.45) is 0 Å². The molecule has 0 bridgehead atoms. The van der Waals surface area contributed by atoms with Crippen LogP contribution < -0.4 is 0 Å². The molecule has 0 unspecified atom stereocenters. The number of hydrogen-bond donors (Lipinski definition) is 0. The van der Waals surface area contributed by atoms with Gasteiger partial charge in [0.05, 0.1) is 6.10 Å². The van der Waals surface area contributed by atoms with E-state index in [0.29, 0.717) is 5.56 Å². The molecule has 1 aliphatic rings. The molecule has 3 rings (SSSR count). The maximum atomic E-state index is 12.4. The van der Waals surface area contributed by atoms with Gasteiger partial charge < -0.3 is 14.0 Å². The first-order valence-corrected chi connectivity index (χ1v) is 10.5. The highest BCUT2D eigenvalue weighted by Crippen LogP contribution is 2.22. The number of rotatable bonds is 7. The Bertz CT molecular complexity index is 1070. The van der Waals surface area contributed by atoms with E-state index in [9.17, 15) is 14.9 Å². The molecular weight excluding hydrogens is 392 g/mol. The van der Waals surface area contributed by atoms with Gasteiger partial charge in [-0.1, -0.05) is 23.8 Å². The number of carbonyl (C=O) groups is 2. The lowest BCUT2D eigenvalue weighted by molar-refractivity contribution is -0.137. The standard InChI is InChI=1S/C25H28N2O4/c1-16-7-8-23(17(2)10-16)24(28)15-31-25(29)21(13-26)12-20-11-18(3)27(19(20)4)14-22-6-5-9-30-22/h7-8,10-12,22H,5-6,9,14-15H2,1-4H3/b21-12+/t22-/m0/s1. The second-order valence-corrected chi connectivity index (χ2v) is 8.06. The van der Waals surface area contributed by atoms with Gasteiger partial charge in [-0.3, -0.25) is 4.79 Å². The van der Waals surface area contributed by atoms with Gasteiger partial charge in [-0.2, -0.15) is 5.26 Å². The van der Waals surface area contributed by atoms with E-state index in [1.54, 1.807) is 6.07 Å². The first-order chi connectivity index (χ1) is 14.8. The molecule has 2 aromatic rings. The molecule has 1 aromatic carbocycles. The van der Waals surface area contributed by atoms with Gasteiger partial charge in [-0.15, -0.1) is 0 Å². The average molecular weight is 421 g/mol. The molecule has 0 aliphatic carbocycles. The summed E-state index contributed by atoms with van der Waals surface area (Å²) < 4.78 is 13.0. The minimum absolute atomic E-state index is 0.134. The van der Waals surface area contributed by atoms with Crippen LogP contribution in [0.3, 0.4) is 0 Å². The lowest BCUT2D eigenvalue weighted by atomic mass is 10.0. The van der Waals surface area contributed by atoms with Gasteiger partial charge in [-0.05, 0) is 63.8 Å². The van der Waals surface area contributed by atoms with Crippen molar-refractivity contribution in [3.05, 3.63) is 63.5 Å². The highest BCUT2D eigenvalue weighted by atomic mass is 16.5. The number of carbonyl (C=O) groups excluding carboxylic acids is 2. The number of aromatic nitrogens is 1. The lowest BCUT2D eigenvalue weighted by Gasteiger charge is -2.14. The van der Waals surface area contributed by atoms with Crippen LogP contribution in [-0.2, 0) is 20.8 Å². The highest BCUT2D eigenvalue weighted by Gasteiger charge is 2.20. The Kier molecular flexibility index (Phi) is 7.09. The van der Waals surface area contributed by atoms with Crippen molar-refractivity contribution >= 4 is 17.8 Å². The summed E-state index contributed by atoms with van der Waals surface area (Å²) in [6.45, 7) is 8.88. The predicted octanol–water partition coefficient (Wildman–Crippen LogP) is 4.23. The number of nitrogens with zero attached hydrogens (tertiary/aromatic N) is 2. The smallest absolute Gasteiger partial charge is 0.349 e. The van der Waals surface area contributed by atoms with Crippen molar-refractivity contribution < 1.29 is 19.1 Å². The number of aryl methyl sites for hydroxylation is 3. The Hall–Kier alpha value is -3.17. The third-order valence-electron chi connectivity index (χ3n) is 5.68. The molecule has 0 radical (unpaired) electrons. The second-order valence-electron chi connectivity index (χ2n) is 8.06. The zero-order valence-electron chi connectivity index (χ0n) is 18.5. The maximum absolute atomic E-state index is 12.4. The van der Waals surface area contributed by atoms with Gasteiger partial charge in [-0.25, -0.2) is 4.79 Å². The molecule has 6 nitrogen and oxygen atoms in total. The van der Waals surface area contributed by atoms with Crippen LogP contribution in [0.1, 0.15) is 51.3 Å². The zero-order chi connectivity index (χ0) is 22.5. The van der Waals surface area contributed by atoms with E-state index in [4.69, 9.17) is 9.47 Å². The highest BCUT2D eigenvalue weighted by molar-refractivity contribution is 6.02. The molecule has 0 N–H and O–H groups in total. The Morgan fingerprint density at radius 3 is 2.68 bits per heavy atom. The van der Waals surface area contributed by atoms with E-state index in [2.05, 4.69) is 4.57 Å². The van der Waals surface area contributed by atoms with Gasteiger partial charge in [0.1, 0.15) is 11.6 Å². The van der Waals surface area contributed by atoms with Crippen LogP contribution in [0.2, 0.25) is 0 Å². The van der Waals surface area contributed by atoms with Gasteiger partial charge in [0.2, 0.25) is 5.78 Å². The summed E-state index contributed by atoms with van der Waals surface area (Å²) in [7, 11) is 0. The fraction of sp³-hybridized carbons (Fsp3) is 0.400. The van der Waals surface area contributed by atoms with Crippen LogP contribution in [0.4, 0.5) is 0 Å². The van der Waals surface area contributed by atoms with Crippen molar-refractivity contribution in [2.45, 2.75) is 53.2 Å². The first kappa shape index (κ1) is 22.5. The SMILES string of the molecule is Cc1ccc(C(=O)COC(=O)/C(C#N)=C/c2cc(C)n(C[C@@H]3CCCO3)c2C)c(C)c1. The number of hydrogen-bond acceptors (Lipinski definition) is 5. The fourth-order valence-corrected chi connectivity index (χ4v) is 3.95. The lowest BCUT2D eigenvalue weighted by Crippen LogP contribution is -2.17. The topological polar surface area (TPSA) is 81.3 Å². The van der Waals surface area contributed by atoms with E-state index >= 15 is 0 Å². The summed E-state index contributed by atoms with van der Waals surface area (Å²) in [4.78, 5) is 24.9. The molecule has 0 saturated carbocycles. The van der Waals surface area contributed by atoms with E-state index in [1.807, 2.05) is 52.0 Å². The van der Waals surface area contributed by atoms with Crippen LogP contribution in [0.25, 0.3) is 6.08 Å². The van der Waals surface area contributed by atoms with Crippen molar-refractivity contribution in [1.29, 1.82) is 5.26 Å². The third kappa shape index (κ3) is 5.31. The maximum Gasteiger partial charge on any atom is 0.349 e. The van der Waals surface area contributed by atoms with Gasteiger partial charge in [0.25, 0.3) is 0 Å². The minimum atomic E-state index is -0.801. The van der Waals surface area contributed by atoms with E-state index < -0.39 is 12.6 Å². The second kappa shape index (κ2) is 9.76. The summed E-state index contributed by atoms with van der Waals surface area (Å²) in [6.07, 6.45) is 3.82. The summed E-state index contributed by atoms with van der Waals surface area (Å²) >= 11 is 0. The summed E-state index contributed by atoms with van der Waals surface area (Å²) in [6, 6.07) is 9.32. The van der Waals surface area contributed by atoms with Crippen LogP contribution >= 0.6 is 0 Å². The van der Waals surface area contributed by atoms with Crippen LogP contribution in [0, 0.1) is 39.0 Å². The van der Waals surface area contributed by atoms with E-state index in [-0.39, 0.29) is 17.5 Å². The number of nitriles is 1. The number of ether oxygens (including phenoxy) is 2. The van der Waals surface area contributed by atoms with Gasteiger partial charge in [0.15, 0.2) is 6.61 Å². The van der Waals surface area contributed by atoms with Gasteiger partial charge >= 0.3 is 5.97 Å². The minimum Gasteiger partial charge on any atom is -0.453 e. The number of ketones is 1. The van der Waals surface area contributed by atoms with Crippen LogP contribution in [0.15, 0.2) is 29.8 Å². The number of esters is 1. The molecule has 1 aromatic heterocycles. The number of benzene rings is 1. The molecule has 1 atom stereocenters. The van der Waals surface area contributed by atoms with Crippen molar-refractivity contribution in [2.75, 3.05) is 13.2 Å². The Labute approximate surface area is 183 Å². The van der Waals surface area contributed by atoms with E-state index in [0.717, 1.165) is 54.1 Å². The molecule has 31 heavy (non-hydrogen) atoms. The van der Waals surface area contributed by atoms with Crippen LogP contribution in [0.5, 0.6) is 0 Å². The normalized spacial score (nSPS) is 16.2. The molecule has 0 spiro atoms. The van der Waals surface area contributed by atoms with Crippen molar-refractivity contribution in [3.63, 3.8) is 0 Å². The summed E-state index contributed by atoms with van der Waals surface area (Å²) in [5, 5.41) is 9.48. The summed E-state index contributed by atoms with van der Waals surface area (Å²) in [5.74, 6) is -1.09. The molecule has 162 valence electrons. The first-order valence-electron chi connectivity index (χ1n) is 10.5. The van der Waals surface area contributed by atoms with E-state index in [1.165, 1.54) is 6.08 Å². The predicted molar refractivity (Wildman–Crippen MR) is 118 cm³/mol. The van der Waals surface area contributed by atoms with Crippen molar-refractivity contribution in [1.82, 2.24) is 4.57 Å². The molecule has 1 saturated heterocycles. The molecule has 2 heterocycles. The Morgan fingerprint density at radius 1 is 1.26 bits per heavy atom.